The molecule has 1 atom stereocenters. The van der Waals surface area contributed by atoms with Gasteiger partial charge in [-0.25, -0.2) is 0 Å². The molecule has 1 unspecified atom stereocenters. The first-order valence-electron chi connectivity index (χ1n) is 5.21. The van der Waals surface area contributed by atoms with Crippen LogP contribution in [0.15, 0.2) is 12.2 Å². The van der Waals surface area contributed by atoms with E-state index in [0.717, 1.165) is 6.61 Å². The number of hydrogen-bond donors (Lipinski definition) is 0. The SMILES string of the molecule is CCCCC/C=C\C1CCCO1. The van der Waals surface area contributed by atoms with Crippen molar-refractivity contribution in [1.82, 2.24) is 0 Å². The molecular formula is C11H20O. The predicted molar refractivity (Wildman–Crippen MR) is 52.3 cm³/mol. The highest BCUT2D eigenvalue weighted by atomic mass is 16.5. The second kappa shape index (κ2) is 6.24. The molecule has 0 aromatic carbocycles. The van der Waals surface area contributed by atoms with Gasteiger partial charge < -0.3 is 4.74 Å². The van der Waals surface area contributed by atoms with Gasteiger partial charge in [0.1, 0.15) is 0 Å². The van der Waals surface area contributed by atoms with Gasteiger partial charge in [-0.15, -0.1) is 0 Å². The summed E-state index contributed by atoms with van der Waals surface area (Å²) in [5.74, 6) is 0. The van der Waals surface area contributed by atoms with Gasteiger partial charge in [0.15, 0.2) is 0 Å². The fourth-order valence-electron chi connectivity index (χ4n) is 1.51. The van der Waals surface area contributed by atoms with E-state index in [9.17, 15) is 0 Å². The molecule has 0 spiro atoms. The van der Waals surface area contributed by atoms with Crippen LogP contribution in [0, 0.1) is 0 Å². The van der Waals surface area contributed by atoms with Crippen molar-refractivity contribution in [2.45, 2.75) is 51.6 Å². The maximum absolute atomic E-state index is 5.47. The topological polar surface area (TPSA) is 9.23 Å². The molecule has 1 fully saturated rings. The van der Waals surface area contributed by atoms with Crippen LogP contribution in [0.25, 0.3) is 0 Å². The van der Waals surface area contributed by atoms with Crippen molar-refractivity contribution < 1.29 is 4.74 Å². The molecule has 1 heteroatoms. The van der Waals surface area contributed by atoms with Crippen molar-refractivity contribution in [3.05, 3.63) is 12.2 Å². The van der Waals surface area contributed by atoms with Crippen molar-refractivity contribution in [3.63, 3.8) is 0 Å². The molecule has 0 radical (unpaired) electrons. The molecule has 0 amide bonds. The smallest absolute Gasteiger partial charge is 0.0756 e. The maximum Gasteiger partial charge on any atom is 0.0756 e. The number of allylic oxidation sites excluding steroid dienone is 1. The van der Waals surface area contributed by atoms with Gasteiger partial charge in [0.25, 0.3) is 0 Å². The lowest BCUT2D eigenvalue weighted by atomic mass is 10.1. The van der Waals surface area contributed by atoms with Gasteiger partial charge in [-0.05, 0) is 25.7 Å². The molecule has 1 saturated heterocycles. The lowest BCUT2D eigenvalue weighted by Crippen LogP contribution is -1.98. The Morgan fingerprint density at radius 1 is 1.42 bits per heavy atom. The average molecular weight is 168 g/mol. The fraction of sp³-hybridized carbons (Fsp3) is 0.818. The van der Waals surface area contributed by atoms with Crippen molar-refractivity contribution in [1.29, 1.82) is 0 Å². The monoisotopic (exact) mass is 168 g/mol. The molecular weight excluding hydrogens is 148 g/mol. The number of ether oxygens (including phenoxy) is 1. The quantitative estimate of drug-likeness (QED) is 0.452. The summed E-state index contributed by atoms with van der Waals surface area (Å²) in [5, 5.41) is 0. The van der Waals surface area contributed by atoms with Crippen LogP contribution in [-0.4, -0.2) is 12.7 Å². The molecule has 0 N–H and O–H groups in total. The first-order chi connectivity index (χ1) is 5.93. The van der Waals surface area contributed by atoms with Crippen molar-refractivity contribution in [3.8, 4) is 0 Å². The third-order valence-electron chi connectivity index (χ3n) is 2.29. The third-order valence-corrected chi connectivity index (χ3v) is 2.29. The minimum atomic E-state index is 0.437. The van der Waals surface area contributed by atoms with Crippen molar-refractivity contribution >= 4 is 0 Å². The van der Waals surface area contributed by atoms with E-state index in [-0.39, 0.29) is 0 Å². The Morgan fingerprint density at radius 2 is 2.33 bits per heavy atom. The summed E-state index contributed by atoms with van der Waals surface area (Å²) < 4.78 is 5.47. The molecule has 0 saturated carbocycles. The average Bonchev–Trinajstić information content (AvgIpc) is 2.57. The van der Waals surface area contributed by atoms with Gasteiger partial charge in [0, 0.05) is 6.61 Å². The van der Waals surface area contributed by atoms with E-state index in [4.69, 9.17) is 4.74 Å². The summed E-state index contributed by atoms with van der Waals surface area (Å²) in [6.45, 7) is 3.20. The summed E-state index contributed by atoms with van der Waals surface area (Å²) in [4.78, 5) is 0. The van der Waals surface area contributed by atoms with Gasteiger partial charge >= 0.3 is 0 Å². The maximum atomic E-state index is 5.47. The van der Waals surface area contributed by atoms with E-state index in [1.165, 1.54) is 38.5 Å². The van der Waals surface area contributed by atoms with Crippen molar-refractivity contribution in [2.75, 3.05) is 6.61 Å². The minimum absolute atomic E-state index is 0.437. The lowest BCUT2D eigenvalue weighted by Gasteiger charge is -2.00. The number of hydrogen-bond acceptors (Lipinski definition) is 1. The van der Waals surface area contributed by atoms with Gasteiger partial charge in [0.05, 0.1) is 6.10 Å². The van der Waals surface area contributed by atoms with E-state index >= 15 is 0 Å². The standard InChI is InChI=1S/C11H20O/c1-2-3-4-5-6-8-11-9-7-10-12-11/h6,8,11H,2-5,7,9-10H2,1H3/b8-6-. The molecule has 1 aliphatic rings. The molecule has 0 aromatic rings. The van der Waals surface area contributed by atoms with E-state index in [1.807, 2.05) is 0 Å². The number of unbranched alkanes of at least 4 members (excludes halogenated alkanes) is 3. The number of rotatable bonds is 5. The highest BCUT2D eigenvalue weighted by molar-refractivity contribution is 4.91. The third kappa shape index (κ3) is 3.91. The lowest BCUT2D eigenvalue weighted by molar-refractivity contribution is 0.145. The van der Waals surface area contributed by atoms with Crippen LogP contribution >= 0.6 is 0 Å². The highest BCUT2D eigenvalue weighted by Gasteiger charge is 2.10. The van der Waals surface area contributed by atoms with Gasteiger partial charge in [-0.2, -0.15) is 0 Å². The Balaban J connectivity index is 1.97. The van der Waals surface area contributed by atoms with Crippen molar-refractivity contribution in [2.24, 2.45) is 0 Å². The van der Waals surface area contributed by atoms with Crippen LogP contribution in [0.5, 0.6) is 0 Å². The zero-order valence-electron chi connectivity index (χ0n) is 8.09. The van der Waals surface area contributed by atoms with Crippen LogP contribution in [0.2, 0.25) is 0 Å². The summed E-state index contributed by atoms with van der Waals surface area (Å²) >= 11 is 0. The van der Waals surface area contributed by atoms with E-state index < -0.39 is 0 Å². The van der Waals surface area contributed by atoms with E-state index in [2.05, 4.69) is 19.1 Å². The first kappa shape index (κ1) is 9.79. The summed E-state index contributed by atoms with van der Waals surface area (Å²) in [6, 6.07) is 0. The molecule has 1 heterocycles. The zero-order chi connectivity index (χ0) is 8.65. The molecule has 1 nitrogen and oxygen atoms in total. The summed E-state index contributed by atoms with van der Waals surface area (Å²) in [5.41, 5.74) is 0. The minimum Gasteiger partial charge on any atom is -0.374 e. The molecule has 1 aliphatic heterocycles. The second-order valence-corrected chi connectivity index (χ2v) is 3.48. The van der Waals surface area contributed by atoms with Gasteiger partial charge in [-0.3, -0.25) is 0 Å². The second-order valence-electron chi connectivity index (χ2n) is 3.48. The molecule has 12 heavy (non-hydrogen) atoms. The Hall–Kier alpha value is -0.300. The molecule has 0 aromatic heterocycles. The van der Waals surface area contributed by atoms with Crippen LogP contribution in [0.4, 0.5) is 0 Å². The Morgan fingerprint density at radius 3 is 3.00 bits per heavy atom. The first-order valence-corrected chi connectivity index (χ1v) is 5.21. The predicted octanol–water partition coefficient (Wildman–Crippen LogP) is 3.30. The summed E-state index contributed by atoms with van der Waals surface area (Å²) in [7, 11) is 0. The zero-order valence-corrected chi connectivity index (χ0v) is 8.09. The molecule has 70 valence electrons. The Kier molecular flexibility index (Phi) is 5.09. The molecule has 0 aliphatic carbocycles. The van der Waals surface area contributed by atoms with Crippen LogP contribution in [0.3, 0.4) is 0 Å². The van der Waals surface area contributed by atoms with E-state index in [0.29, 0.717) is 6.10 Å². The summed E-state index contributed by atoms with van der Waals surface area (Å²) in [6.07, 6.45) is 12.7. The highest BCUT2D eigenvalue weighted by Crippen LogP contribution is 2.13. The van der Waals surface area contributed by atoms with Gasteiger partial charge in [-0.1, -0.05) is 31.9 Å². The Labute approximate surface area is 75.8 Å². The van der Waals surface area contributed by atoms with Crippen LogP contribution < -0.4 is 0 Å². The van der Waals surface area contributed by atoms with E-state index in [1.54, 1.807) is 0 Å². The Bertz CT molecular complexity index is 123. The van der Waals surface area contributed by atoms with Gasteiger partial charge in [0.2, 0.25) is 0 Å². The van der Waals surface area contributed by atoms with Crippen LogP contribution in [0.1, 0.15) is 45.4 Å². The largest absolute Gasteiger partial charge is 0.374 e. The fourth-order valence-corrected chi connectivity index (χ4v) is 1.51. The molecule has 0 bridgehead atoms. The van der Waals surface area contributed by atoms with Crippen LogP contribution in [-0.2, 0) is 4.74 Å². The molecule has 1 rings (SSSR count). The normalized spacial score (nSPS) is 23.9.